The fourth-order valence-corrected chi connectivity index (χ4v) is 2.38. The highest BCUT2D eigenvalue weighted by Gasteiger charge is 2.12. The van der Waals surface area contributed by atoms with E-state index in [1.165, 1.54) is 6.33 Å². The van der Waals surface area contributed by atoms with Crippen LogP contribution < -0.4 is 10.1 Å². The number of aryl methyl sites for hydroxylation is 1. The van der Waals surface area contributed by atoms with Crippen LogP contribution in [0.3, 0.4) is 0 Å². The van der Waals surface area contributed by atoms with Gasteiger partial charge in [0.25, 0.3) is 0 Å². The molecule has 0 aliphatic carbocycles. The maximum atomic E-state index is 9.08. The van der Waals surface area contributed by atoms with Gasteiger partial charge in [-0.15, -0.1) is 0 Å². The number of ether oxygens (including phenoxy) is 1. The van der Waals surface area contributed by atoms with E-state index in [1.54, 1.807) is 12.1 Å². The van der Waals surface area contributed by atoms with Gasteiger partial charge in [-0.1, -0.05) is 0 Å². The summed E-state index contributed by atoms with van der Waals surface area (Å²) in [6, 6.07) is 9.37. The van der Waals surface area contributed by atoms with Crippen LogP contribution in [0.5, 0.6) is 5.75 Å². The second-order valence-corrected chi connectivity index (χ2v) is 5.50. The van der Waals surface area contributed by atoms with E-state index in [4.69, 9.17) is 10.00 Å². The average Bonchev–Trinajstić information content (AvgIpc) is 2.91. The lowest BCUT2D eigenvalue weighted by Gasteiger charge is -2.16. The van der Waals surface area contributed by atoms with Crippen LogP contribution in [0.4, 0.5) is 11.5 Å². The quantitative estimate of drug-likeness (QED) is 0.799. The highest BCUT2D eigenvalue weighted by molar-refractivity contribution is 5.88. The summed E-state index contributed by atoms with van der Waals surface area (Å²) in [5.41, 5.74) is 3.09. The third-order valence-corrected chi connectivity index (χ3v) is 3.39. The van der Waals surface area contributed by atoms with Crippen LogP contribution >= 0.6 is 0 Å². The Morgan fingerprint density at radius 1 is 1.26 bits per heavy atom. The first-order valence-corrected chi connectivity index (χ1v) is 7.32. The molecular formula is C17H17N5O. The van der Waals surface area contributed by atoms with Gasteiger partial charge >= 0.3 is 0 Å². The molecule has 0 radical (unpaired) electrons. The third-order valence-electron chi connectivity index (χ3n) is 3.39. The fraction of sp³-hybridized carbons (Fsp3) is 0.235. The molecule has 0 atom stereocenters. The van der Waals surface area contributed by atoms with Crippen molar-refractivity contribution in [2.75, 3.05) is 5.32 Å². The number of anilines is 2. The molecule has 6 heteroatoms. The van der Waals surface area contributed by atoms with E-state index < -0.39 is 0 Å². The molecule has 0 bridgehead atoms. The van der Waals surface area contributed by atoms with Gasteiger partial charge in [0.15, 0.2) is 5.82 Å². The molecule has 2 aromatic heterocycles. The van der Waals surface area contributed by atoms with Crippen molar-refractivity contribution in [3.05, 3.63) is 42.4 Å². The van der Waals surface area contributed by atoms with Crippen LogP contribution in [-0.2, 0) is 7.05 Å². The van der Waals surface area contributed by atoms with Gasteiger partial charge in [0.2, 0.25) is 0 Å². The van der Waals surface area contributed by atoms with Crippen LogP contribution in [0.2, 0.25) is 0 Å². The number of rotatable bonds is 4. The van der Waals surface area contributed by atoms with Crippen LogP contribution in [0.15, 0.2) is 36.8 Å². The molecule has 0 spiro atoms. The zero-order valence-corrected chi connectivity index (χ0v) is 13.2. The first-order valence-electron chi connectivity index (χ1n) is 7.32. The molecule has 1 N–H and O–H groups in total. The van der Waals surface area contributed by atoms with Crippen LogP contribution in [0, 0.1) is 11.3 Å². The summed E-state index contributed by atoms with van der Waals surface area (Å²) in [6.45, 7) is 3.89. The Bertz CT molecular complexity index is 892. The molecule has 2 heterocycles. The molecule has 0 unspecified atom stereocenters. The van der Waals surface area contributed by atoms with Gasteiger partial charge in [-0.3, -0.25) is 0 Å². The van der Waals surface area contributed by atoms with Crippen molar-refractivity contribution in [1.82, 2.24) is 14.5 Å². The van der Waals surface area contributed by atoms with E-state index in [2.05, 4.69) is 21.4 Å². The predicted octanol–water partition coefficient (Wildman–Crippen LogP) is 3.37. The first-order chi connectivity index (χ1) is 11.1. The number of hydrogen-bond acceptors (Lipinski definition) is 5. The molecule has 6 nitrogen and oxygen atoms in total. The van der Waals surface area contributed by atoms with E-state index in [0.29, 0.717) is 17.1 Å². The van der Waals surface area contributed by atoms with E-state index in [1.807, 2.05) is 43.8 Å². The van der Waals surface area contributed by atoms with Crippen LogP contribution in [0.25, 0.3) is 11.0 Å². The van der Waals surface area contributed by atoms with Crippen molar-refractivity contribution in [2.45, 2.75) is 20.0 Å². The standard InChI is InChI=1S/C17H17N5O/c1-11(2)23-15-8-12(9-18)4-5-13(15)21-17-16-14(19-10-20-17)6-7-22(16)3/h4-8,10-11H,1-3H3,(H,19,20,21). The summed E-state index contributed by atoms with van der Waals surface area (Å²) in [5, 5.41) is 12.4. The smallest absolute Gasteiger partial charge is 0.158 e. The van der Waals surface area contributed by atoms with E-state index in [-0.39, 0.29) is 6.10 Å². The third kappa shape index (κ3) is 2.94. The summed E-state index contributed by atoms with van der Waals surface area (Å²) in [4.78, 5) is 8.59. The van der Waals surface area contributed by atoms with Crippen molar-refractivity contribution in [2.24, 2.45) is 7.05 Å². The molecule has 0 aliphatic heterocycles. The highest BCUT2D eigenvalue weighted by Crippen LogP contribution is 2.31. The Labute approximate surface area is 134 Å². The minimum atomic E-state index is 0.00458. The number of benzene rings is 1. The molecule has 0 aliphatic rings. The molecule has 0 fully saturated rings. The van der Waals surface area contributed by atoms with E-state index in [9.17, 15) is 0 Å². The lowest BCUT2D eigenvalue weighted by molar-refractivity contribution is 0.243. The Morgan fingerprint density at radius 2 is 2.09 bits per heavy atom. The number of nitriles is 1. The monoisotopic (exact) mass is 307 g/mol. The van der Waals surface area contributed by atoms with Crippen LogP contribution in [-0.4, -0.2) is 20.6 Å². The fourth-order valence-electron chi connectivity index (χ4n) is 2.38. The number of nitrogens with one attached hydrogen (secondary N) is 1. The number of hydrogen-bond donors (Lipinski definition) is 1. The van der Waals surface area contributed by atoms with Crippen LogP contribution in [0.1, 0.15) is 19.4 Å². The molecule has 0 saturated heterocycles. The zero-order chi connectivity index (χ0) is 16.4. The van der Waals surface area contributed by atoms with Crippen molar-refractivity contribution in [3.8, 4) is 11.8 Å². The van der Waals surface area contributed by atoms with E-state index >= 15 is 0 Å². The van der Waals surface area contributed by atoms with Crippen molar-refractivity contribution >= 4 is 22.5 Å². The largest absolute Gasteiger partial charge is 0.489 e. The van der Waals surface area contributed by atoms with Crippen molar-refractivity contribution in [1.29, 1.82) is 5.26 Å². The summed E-state index contributed by atoms with van der Waals surface area (Å²) < 4.78 is 7.78. The molecule has 116 valence electrons. The lowest BCUT2D eigenvalue weighted by Crippen LogP contribution is -2.08. The molecule has 1 aromatic carbocycles. The molecule has 23 heavy (non-hydrogen) atoms. The normalized spacial score (nSPS) is 10.7. The van der Waals surface area contributed by atoms with Crippen molar-refractivity contribution in [3.63, 3.8) is 0 Å². The predicted molar refractivity (Wildman–Crippen MR) is 88.7 cm³/mol. The molecule has 0 saturated carbocycles. The maximum Gasteiger partial charge on any atom is 0.158 e. The van der Waals surface area contributed by atoms with Crippen molar-refractivity contribution < 1.29 is 4.74 Å². The topological polar surface area (TPSA) is 75.8 Å². The Morgan fingerprint density at radius 3 is 2.83 bits per heavy atom. The summed E-state index contributed by atoms with van der Waals surface area (Å²) in [7, 11) is 1.95. The average molecular weight is 307 g/mol. The number of nitrogens with zero attached hydrogens (tertiary/aromatic N) is 4. The Hall–Kier alpha value is -3.07. The maximum absolute atomic E-state index is 9.08. The Kier molecular flexibility index (Phi) is 3.85. The van der Waals surface area contributed by atoms with Gasteiger partial charge in [0.05, 0.1) is 28.9 Å². The Balaban J connectivity index is 2.05. The molecule has 3 aromatic rings. The van der Waals surface area contributed by atoms with Gasteiger partial charge in [-0.25, -0.2) is 9.97 Å². The summed E-state index contributed by atoms with van der Waals surface area (Å²) >= 11 is 0. The van der Waals surface area contributed by atoms with Gasteiger partial charge in [-0.05, 0) is 32.0 Å². The number of fused-ring (bicyclic) bond motifs is 1. The highest BCUT2D eigenvalue weighted by atomic mass is 16.5. The lowest BCUT2D eigenvalue weighted by atomic mass is 10.2. The van der Waals surface area contributed by atoms with Gasteiger partial charge < -0.3 is 14.6 Å². The zero-order valence-electron chi connectivity index (χ0n) is 13.2. The molecule has 0 amide bonds. The second-order valence-electron chi connectivity index (χ2n) is 5.50. The second kappa shape index (κ2) is 5.97. The SMILES string of the molecule is CC(C)Oc1cc(C#N)ccc1Nc1ncnc2ccn(C)c12. The van der Waals surface area contributed by atoms with E-state index in [0.717, 1.165) is 16.7 Å². The summed E-state index contributed by atoms with van der Waals surface area (Å²) in [5.74, 6) is 1.32. The first kappa shape index (κ1) is 14.9. The minimum absolute atomic E-state index is 0.00458. The van der Waals surface area contributed by atoms with Gasteiger partial charge in [0, 0.05) is 19.3 Å². The van der Waals surface area contributed by atoms with Gasteiger partial charge in [0.1, 0.15) is 17.6 Å². The summed E-state index contributed by atoms with van der Waals surface area (Å²) in [6.07, 6.45) is 3.47. The number of aromatic nitrogens is 3. The van der Waals surface area contributed by atoms with Gasteiger partial charge in [-0.2, -0.15) is 5.26 Å². The molecular weight excluding hydrogens is 290 g/mol. The molecule has 3 rings (SSSR count). The minimum Gasteiger partial charge on any atom is -0.489 e.